The molecule has 2 aromatic heterocycles. The van der Waals surface area contributed by atoms with E-state index in [9.17, 15) is 0 Å². The van der Waals surface area contributed by atoms with Gasteiger partial charge in [-0.2, -0.15) is 0 Å². The van der Waals surface area contributed by atoms with E-state index in [0.29, 0.717) is 5.82 Å². The van der Waals surface area contributed by atoms with Gasteiger partial charge in [0.05, 0.1) is 0 Å². The van der Waals surface area contributed by atoms with E-state index in [4.69, 9.17) is 0 Å². The van der Waals surface area contributed by atoms with Crippen molar-refractivity contribution < 1.29 is 0 Å². The fraction of sp³-hybridized carbons (Fsp3) is 0.211. The maximum absolute atomic E-state index is 4.67. The molecule has 0 saturated heterocycles. The first-order valence-electron chi connectivity index (χ1n) is 7.78. The lowest BCUT2D eigenvalue weighted by Gasteiger charge is -2.17. The van der Waals surface area contributed by atoms with Crippen LogP contribution in [0.2, 0.25) is 0 Å². The number of rotatable bonds is 5. The Morgan fingerprint density at radius 2 is 1.79 bits per heavy atom. The van der Waals surface area contributed by atoms with Crippen LogP contribution in [-0.4, -0.2) is 29.0 Å². The van der Waals surface area contributed by atoms with Gasteiger partial charge in [-0.3, -0.25) is 4.98 Å². The van der Waals surface area contributed by atoms with Crippen LogP contribution in [-0.2, 0) is 5.75 Å². The summed E-state index contributed by atoms with van der Waals surface area (Å²) in [5.41, 5.74) is 4.29. The zero-order chi connectivity index (χ0) is 16.9. The molecule has 0 N–H and O–H groups in total. The summed E-state index contributed by atoms with van der Waals surface area (Å²) in [7, 11) is 4.13. The van der Waals surface area contributed by atoms with Crippen LogP contribution in [0.1, 0.15) is 11.3 Å². The molecule has 0 fully saturated rings. The second-order valence-electron chi connectivity index (χ2n) is 5.70. The third-order valence-corrected chi connectivity index (χ3v) is 4.53. The summed E-state index contributed by atoms with van der Waals surface area (Å²) in [6, 6.07) is 16.3. The Morgan fingerprint density at radius 1 is 1.00 bits per heavy atom. The molecular formula is C19H20N4S. The van der Waals surface area contributed by atoms with Gasteiger partial charge in [0.2, 0.25) is 0 Å². The highest BCUT2D eigenvalue weighted by molar-refractivity contribution is 7.98. The average Bonchev–Trinajstić information content (AvgIpc) is 2.60. The molecule has 0 spiro atoms. The van der Waals surface area contributed by atoms with E-state index < -0.39 is 0 Å². The third kappa shape index (κ3) is 3.92. The van der Waals surface area contributed by atoms with Gasteiger partial charge in [-0.1, -0.05) is 24.3 Å². The maximum atomic E-state index is 4.67. The van der Waals surface area contributed by atoms with E-state index in [-0.39, 0.29) is 0 Å². The third-order valence-electron chi connectivity index (χ3n) is 3.57. The minimum atomic E-state index is 0.680. The number of hydrogen-bond donors (Lipinski definition) is 0. The van der Waals surface area contributed by atoms with Crippen molar-refractivity contribution in [2.45, 2.75) is 17.7 Å². The number of nitrogens with zero attached hydrogens (tertiary/aromatic N) is 4. The smallest absolute Gasteiger partial charge is 0.179 e. The Kier molecular flexibility index (Phi) is 5.11. The molecule has 0 aliphatic carbocycles. The van der Waals surface area contributed by atoms with Gasteiger partial charge in [-0.25, -0.2) is 9.97 Å². The highest BCUT2D eigenvalue weighted by Crippen LogP contribution is 2.28. The van der Waals surface area contributed by atoms with Crippen LogP contribution >= 0.6 is 11.8 Å². The zero-order valence-corrected chi connectivity index (χ0v) is 14.9. The number of aryl methyl sites for hydroxylation is 1. The Morgan fingerprint density at radius 3 is 2.54 bits per heavy atom. The molecule has 3 rings (SSSR count). The van der Waals surface area contributed by atoms with E-state index in [2.05, 4.69) is 58.2 Å². The van der Waals surface area contributed by atoms with Crippen molar-refractivity contribution in [2.75, 3.05) is 19.0 Å². The van der Waals surface area contributed by atoms with Crippen molar-refractivity contribution in [1.29, 1.82) is 0 Å². The molecule has 0 saturated carbocycles. The summed E-state index contributed by atoms with van der Waals surface area (Å²) in [4.78, 5) is 15.7. The van der Waals surface area contributed by atoms with Crippen LogP contribution in [0.4, 0.5) is 5.69 Å². The van der Waals surface area contributed by atoms with Crippen LogP contribution in [0.15, 0.2) is 59.8 Å². The Balaban J connectivity index is 1.83. The van der Waals surface area contributed by atoms with Gasteiger partial charge in [0.15, 0.2) is 5.82 Å². The maximum Gasteiger partial charge on any atom is 0.179 e. The molecule has 0 aliphatic rings. The number of para-hydroxylation sites is 1. The van der Waals surface area contributed by atoms with Crippen molar-refractivity contribution in [3.05, 3.63) is 66.0 Å². The number of benzene rings is 1. The fourth-order valence-corrected chi connectivity index (χ4v) is 3.40. The standard InChI is InChI=1S/C19H20N4S/c1-14-12-18(22-19(21-14)16-9-6-7-11-20-16)24-13-15-8-4-5-10-17(15)23(2)3/h4-12H,13H2,1-3H3. The summed E-state index contributed by atoms with van der Waals surface area (Å²) < 4.78 is 0. The molecule has 24 heavy (non-hydrogen) atoms. The molecule has 2 heterocycles. The van der Waals surface area contributed by atoms with Crippen molar-refractivity contribution in [3.63, 3.8) is 0 Å². The first kappa shape index (κ1) is 16.5. The van der Waals surface area contributed by atoms with Crippen molar-refractivity contribution in [3.8, 4) is 11.5 Å². The second-order valence-corrected chi connectivity index (χ2v) is 6.69. The largest absolute Gasteiger partial charge is 0.377 e. The lowest BCUT2D eigenvalue weighted by Crippen LogP contribution is -2.10. The minimum Gasteiger partial charge on any atom is -0.377 e. The number of aromatic nitrogens is 3. The normalized spacial score (nSPS) is 10.6. The molecule has 4 nitrogen and oxygen atoms in total. The predicted molar refractivity (Wildman–Crippen MR) is 100 cm³/mol. The Bertz CT molecular complexity index is 819. The highest BCUT2D eigenvalue weighted by atomic mass is 32.2. The molecule has 5 heteroatoms. The van der Waals surface area contributed by atoms with Crippen molar-refractivity contribution >= 4 is 17.4 Å². The molecule has 122 valence electrons. The molecule has 1 aromatic carbocycles. The van der Waals surface area contributed by atoms with Gasteiger partial charge in [0.1, 0.15) is 10.7 Å². The van der Waals surface area contributed by atoms with Crippen LogP contribution in [0.5, 0.6) is 0 Å². The summed E-state index contributed by atoms with van der Waals surface area (Å²) in [5, 5.41) is 0.969. The van der Waals surface area contributed by atoms with E-state index >= 15 is 0 Å². The van der Waals surface area contributed by atoms with Gasteiger partial charge in [-0.15, -0.1) is 11.8 Å². The lowest BCUT2D eigenvalue weighted by atomic mass is 10.2. The number of anilines is 1. The molecule has 3 aromatic rings. The van der Waals surface area contributed by atoms with Crippen molar-refractivity contribution in [1.82, 2.24) is 15.0 Å². The van der Waals surface area contributed by atoms with E-state index in [0.717, 1.165) is 22.2 Å². The molecule has 0 aliphatic heterocycles. The molecule has 0 unspecified atom stereocenters. The van der Waals surface area contributed by atoms with Crippen LogP contribution in [0, 0.1) is 6.92 Å². The highest BCUT2D eigenvalue weighted by Gasteiger charge is 2.09. The van der Waals surface area contributed by atoms with Gasteiger partial charge in [-0.05, 0) is 36.8 Å². The van der Waals surface area contributed by atoms with Crippen LogP contribution in [0.3, 0.4) is 0 Å². The summed E-state index contributed by atoms with van der Waals surface area (Å²) in [6.07, 6.45) is 1.77. The molecular weight excluding hydrogens is 316 g/mol. The van der Waals surface area contributed by atoms with Gasteiger partial charge in [0.25, 0.3) is 0 Å². The lowest BCUT2D eigenvalue weighted by molar-refractivity contribution is 1.00. The average molecular weight is 336 g/mol. The Labute approximate surface area is 147 Å². The van der Waals surface area contributed by atoms with Gasteiger partial charge in [0, 0.05) is 37.4 Å². The summed E-state index contributed by atoms with van der Waals surface area (Å²) in [6.45, 7) is 1.99. The van der Waals surface area contributed by atoms with Crippen LogP contribution < -0.4 is 4.90 Å². The van der Waals surface area contributed by atoms with E-state index in [1.807, 2.05) is 31.2 Å². The fourth-order valence-electron chi connectivity index (χ4n) is 2.44. The number of hydrogen-bond acceptors (Lipinski definition) is 5. The minimum absolute atomic E-state index is 0.680. The first-order chi connectivity index (χ1) is 11.6. The summed E-state index contributed by atoms with van der Waals surface area (Å²) >= 11 is 1.72. The van der Waals surface area contributed by atoms with Crippen molar-refractivity contribution in [2.24, 2.45) is 0 Å². The number of pyridine rings is 1. The van der Waals surface area contributed by atoms with Crippen LogP contribution in [0.25, 0.3) is 11.5 Å². The van der Waals surface area contributed by atoms with Gasteiger partial charge < -0.3 is 4.90 Å². The molecule has 0 amide bonds. The molecule has 0 radical (unpaired) electrons. The van der Waals surface area contributed by atoms with Gasteiger partial charge >= 0.3 is 0 Å². The quantitative estimate of drug-likeness (QED) is 0.516. The first-order valence-corrected chi connectivity index (χ1v) is 8.77. The van der Waals surface area contributed by atoms with E-state index in [1.165, 1.54) is 11.3 Å². The second kappa shape index (κ2) is 7.45. The number of thioether (sulfide) groups is 1. The molecule has 0 bridgehead atoms. The Hall–Kier alpha value is -2.40. The topological polar surface area (TPSA) is 41.9 Å². The SMILES string of the molecule is Cc1cc(SCc2ccccc2N(C)C)nc(-c2ccccn2)n1. The monoisotopic (exact) mass is 336 g/mol. The molecule has 0 atom stereocenters. The summed E-state index contributed by atoms with van der Waals surface area (Å²) in [5.74, 6) is 1.55. The predicted octanol–water partition coefficient (Wildman–Crippen LogP) is 4.21. The van der Waals surface area contributed by atoms with E-state index in [1.54, 1.807) is 18.0 Å². The zero-order valence-electron chi connectivity index (χ0n) is 14.1.